The van der Waals surface area contributed by atoms with Crippen LogP contribution in [0.1, 0.15) is 23.7 Å². The first-order valence-electron chi connectivity index (χ1n) is 5.55. The molecule has 0 atom stereocenters. The molecule has 7 heteroatoms. The molecule has 0 bridgehead atoms. The second kappa shape index (κ2) is 5.94. The van der Waals surface area contributed by atoms with Crippen LogP contribution in [0.4, 0.5) is 5.69 Å². The summed E-state index contributed by atoms with van der Waals surface area (Å²) in [6.45, 7) is 1.66. The molecule has 0 unspecified atom stereocenters. The van der Waals surface area contributed by atoms with Gasteiger partial charge in [0.15, 0.2) is 5.75 Å². The number of rotatable bonds is 5. The van der Waals surface area contributed by atoms with Crippen LogP contribution in [0.15, 0.2) is 18.2 Å². The quantitative estimate of drug-likeness (QED) is 0.640. The lowest BCUT2D eigenvalue weighted by molar-refractivity contribution is -0.385. The highest BCUT2D eigenvalue weighted by Crippen LogP contribution is 2.26. The fourth-order valence-electron chi connectivity index (χ4n) is 1.45. The number of ketones is 1. The van der Waals surface area contributed by atoms with Gasteiger partial charge in [-0.25, -0.2) is 0 Å². The number of hydrogen-bond acceptors (Lipinski definition) is 5. The van der Waals surface area contributed by atoms with Crippen molar-refractivity contribution in [3.8, 4) is 5.75 Å². The van der Waals surface area contributed by atoms with E-state index in [2.05, 4.69) is 0 Å². The van der Waals surface area contributed by atoms with Crippen LogP contribution in [0, 0.1) is 10.1 Å². The van der Waals surface area contributed by atoms with Gasteiger partial charge in [0.05, 0.1) is 4.92 Å². The van der Waals surface area contributed by atoms with E-state index >= 15 is 0 Å². The van der Waals surface area contributed by atoms with Crippen molar-refractivity contribution in [2.45, 2.75) is 13.3 Å². The minimum atomic E-state index is -0.762. The fourth-order valence-corrected chi connectivity index (χ4v) is 1.45. The number of phenolic OH excluding ortho intramolecular Hbond substituents is 1. The maximum absolute atomic E-state index is 12.0. The topological polar surface area (TPSA) is 101 Å². The third-order valence-electron chi connectivity index (χ3n) is 2.57. The predicted octanol–water partition coefficient (Wildman–Crippen LogP) is 1.35. The number of carbonyl (C=O) groups excluding carboxylic acids is 2. The third kappa shape index (κ3) is 3.77. The number of nitro benzene ring substituents is 1. The van der Waals surface area contributed by atoms with Crippen molar-refractivity contribution in [3.63, 3.8) is 0 Å². The van der Waals surface area contributed by atoms with Crippen molar-refractivity contribution >= 4 is 17.4 Å². The molecule has 1 rings (SSSR count). The summed E-state index contributed by atoms with van der Waals surface area (Å²) in [7, 11) is 1.50. The number of Topliss-reactive ketones (excluding diaryl/α,β-unsaturated/α-hetero) is 1. The Kier molecular flexibility index (Phi) is 4.57. The summed E-state index contributed by atoms with van der Waals surface area (Å²) in [5.41, 5.74) is -0.429. The molecule has 0 aliphatic heterocycles. The Labute approximate surface area is 109 Å². The zero-order chi connectivity index (χ0) is 14.6. The molecule has 0 spiro atoms. The second-order valence-corrected chi connectivity index (χ2v) is 4.14. The minimum Gasteiger partial charge on any atom is -0.502 e. The standard InChI is InChI=1S/C12H14N2O5/c1-8(15)5-6-13(2)12(17)9-3-4-11(16)10(7-9)14(18)19/h3-4,7,16H,5-6H2,1-2H3. The van der Waals surface area contributed by atoms with Crippen molar-refractivity contribution in [2.24, 2.45) is 0 Å². The first-order chi connectivity index (χ1) is 8.82. The van der Waals surface area contributed by atoms with E-state index in [1.54, 1.807) is 0 Å². The van der Waals surface area contributed by atoms with Crippen LogP contribution < -0.4 is 0 Å². The first kappa shape index (κ1) is 14.6. The van der Waals surface area contributed by atoms with Crippen molar-refractivity contribution in [1.29, 1.82) is 0 Å². The molecule has 0 radical (unpaired) electrons. The van der Waals surface area contributed by atoms with Gasteiger partial charge in [0.2, 0.25) is 0 Å². The smallest absolute Gasteiger partial charge is 0.311 e. The van der Waals surface area contributed by atoms with Gasteiger partial charge in [-0.3, -0.25) is 19.7 Å². The van der Waals surface area contributed by atoms with Gasteiger partial charge >= 0.3 is 5.69 Å². The molecule has 19 heavy (non-hydrogen) atoms. The summed E-state index contributed by atoms with van der Waals surface area (Å²) in [5.74, 6) is -0.978. The summed E-state index contributed by atoms with van der Waals surface area (Å²) >= 11 is 0. The lowest BCUT2D eigenvalue weighted by Gasteiger charge is -2.16. The van der Waals surface area contributed by atoms with Gasteiger partial charge in [-0.2, -0.15) is 0 Å². The number of carbonyl (C=O) groups is 2. The number of phenols is 1. The normalized spacial score (nSPS) is 10.0. The molecule has 0 heterocycles. The molecule has 1 N–H and O–H groups in total. The highest BCUT2D eigenvalue weighted by atomic mass is 16.6. The molecule has 0 aliphatic rings. The van der Waals surface area contributed by atoms with E-state index in [-0.39, 0.29) is 24.3 Å². The number of amides is 1. The monoisotopic (exact) mass is 266 g/mol. The van der Waals surface area contributed by atoms with Crippen LogP contribution in [0.2, 0.25) is 0 Å². The van der Waals surface area contributed by atoms with Crippen LogP contribution in [0.5, 0.6) is 5.75 Å². The van der Waals surface area contributed by atoms with E-state index < -0.39 is 22.3 Å². The molecule has 0 aromatic heterocycles. The van der Waals surface area contributed by atoms with Gasteiger partial charge in [-0.15, -0.1) is 0 Å². The van der Waals surface area contributed by atoms with Gasteiger partial charge < -0.3 is 10.0 Å². The first-order valence-corrected chi connectivity index (χ1v) is 5.55. The van der Waals surface area contributed by atoms with Crippen molar-refractivity contribution in [2.75, 3.05) is 13.6 Å². The minimum absolute atomic E-state index is 0.0451. The lowest BCUT2D eigenvalue weighted by atomic mass is 10.1. The van der Waals surface area contributed by atoms with Crippen LogP contribution in [0.3, 0.4) is 0 Å². The van der Waals surface area contributed by atoms with Crippen molar-refractivity contribution in [3.05, 3.63) is 33.9 Å². The number of aromatic hydroxyl groups is 1. The molecule has 102 valence electrons. The molecule has 1 aromatic rings. The summed E-state index contributed by atoms with van der Waals surface area (Å²) < 4.78 is 0. The Balaban J connectivity index is 2.91. The van der Waals surface area contributed by atoms with E-state index in [9.17, 15) is 24.8 Å². The predicted molar refractivity (Wildman–Crippen MR) is 67.0 cm³/mol. The lowest BCUT2D eigenvalue weighted by Crippen LogP contribution is -2.28. The van der Waals surface area contributed by atoms with Gasteiger partial charge in [0.25, 0.3) is 5.91 Å². The SMILES string of the molecule is CC(=O)CCN(C)C(=O)c1ccc(O)c([N+](=O)[O-])c1. The van der Waals surface area contributed by atoms with Gasteiger partial charge in [0.1, 0.15) is 5.78 Å². The summed E-state index contributed by atoms with van der Waals surface area (Å²) in [4.78, 5) is 34.0. The maximum atomic E-state index is 12.0. The Hall–Kier alpha value is -2.44. The number of benzene rings is 1. The summed E-state index contributed by atoms with van der Waals surface area (Å²) in [6.07, 6.45) is 0.225. The summed E-state index contributed by atoms with van der Waals surface area (Å²) in [5, 5.41) is 19.9. The van der Waals surface area contributed by atoms with E-state index in [1.165, 1.54) is 24.9 Å². The Morgan fingerprint density at radius 2 is 2.05 bits per heavy atom. The number of nitro groups is 1. The van der Waals surface area contributed by atoms with E-state index in [0.717, 1.165) is 12.1 Å². The molecular weight excluding hydrogens is 252 g/mol. The largest absolute Gasteiger partial charge is 0.502 e. The molecule has 0 saturated carbocycles. The molecule has 7 nitrogen and oxygen atoms in total. The van der Waals surface area contributed by atoms with Gasteiger partial charge in [0, 0.05) is 31.6 Å². The van der Waals surface area contributed by atoms with E-state index in [0.29, 0.717) is 0 Å². The molecule has 0 saturated heterocycles. The molecule has 1 amide bonds. The van der Waals surface area contributed by atoms with Crippen LogP contribution in [-0.4, -0.2) is 40.2 Å². The number of hydrogen-bond donors (Lipinski definition) is 1. The van der Waals surface area contributed by atoms with E-state index in [1.807, 2.05) is 0 Å². The Morgan fingerprint density at radius 1 is 1.42 bits per heavy atom. The van der Waals surface area contributed by atoms with Gasteiger partial charge in [-0.1, -0.05) is 0 Å². The van der Waals surface area contributed by atoms with Crippen LogP contribution in [0.25, 0.3) is 0 Å². The zero-order valence-corrected chi connectivity index (χ0v) is 10.6. The van der Waals surface area contributed by atoms with E-state index in [4.69, 9.17) is 0 Å². The zero-order valence-electron chi connectivity index (χ0n) is 10.6. The fraction of sp³-hybridized carbons (Fsp3) is 0.333. The highest BCUT2D eigenvalue weighted by molar-refractivity contribution is 5.95. The Morgan fingerprint density at radius 3 is 2.58 bits per heavy atom. The highest BCUT2D eigenvalue weighted by Gasteiger charge is 2.19. The Bertz CT molecular complexity index is 527. The molecular formula is C12H14N2O5. The van der Waals surface area contributed by atoms with Crippen LogP contribution >= 0.6 is 0 Å². The van der Waals surface area contributed by atoms with Crippen molar-refractivity contribution in [1.82, 2.24) is 4.90 Å². The molecule has 1 aromatic carbocycles. The third-order valence-corrected chi connectivity index (χ3v) is 2.57. The van der Waals surface area contributed by atoms with Crippen molar-refractivity contribution < 1.29 is 19.6 Å². The number of nitrogens with zero attached hydrogens (tertiary/aromatic N) is 2. The maximum Gasteiger partial charge on any atom is 0.311 e. The average molecular weight is 266 g/mol. The van der Waals surface area contributed by atoms with Crippen LogP contribution in [-0.2, 0) is 4.79 Å². The van der Waals surface area contributed by atoms with Gasteiger partial charge in [-0.05, 0) is 19.1 Å². The molecule has 0 fully saturated rings. The second-order valence-electron chi connectivity index (χ2n) is 4.14. The molecule has 0 aliphatic carbocycles. The average Bonchev–Trinajstić information content (AvgIpc) is 2.35. The summed E-state index contributed by atoms with van der Waals surface area (Å²) in [6, 6.07) is 3.42.